The molecule has 0 aromatic heterocycles. The molecule has 1 aromatic rings. The standard InChI is InChI=1S/C21H27N3O2/c25-20(22-15-18-8-12-24(18)17-5-6-17)23-13-10-21(11-14-23)9-7-16-3-1-2-4-19(16)26-21/h1-4,7,9,17-18H,5-6,8,10-15H2,(H,22,25). The number of fused-ring (bicyclic) bond motifs is 1. The molecule has 4 aliphatic rings. The number of nitrogens with zero attached hydrogens (tertiary/aromatic N) is 2. The van der Waals surface area contributed by atoms with Gasteiger partial charge in [0.05, 0.1) is 0 Å². The predicted octanol–water partition coefficient (Wildman–Crippen LogP) is 2.87. The van der Waals surface area contributed by atoms with Crippen LogP contribution in [0.15, 0.2) is 30.3 Å². The largest absolute Gasteiger partial charge is 0.482 e. The van der Waals surface area contributed by atoms with Gasteiger partial charge in [-0.05, 0) is 31.4 Å². The zero-order valence-electron chi connectivity index (χ0n) is 15.2. The average molecular weight is 353 g/mol. The molecule has 5 rings (SSSR count). The Labute approximate surface area is 155 Å². The summed E-state index contributed by atoms with van der Waals surface area (Å²) in [6, 6.07) is 9.60. The molecular weight excluding hydrogens is 326 g/mol. The van der Waals surface area contributed by atoms with Crippen molar-refractivity contribution in [3.63, 3.8) is 0 Å². The number of benzene rings is 1. The van der Waals surface area contributed by atoms with Crippen LogP contribution in [0, 0.1) is 0 Å². The lowest BCUT2D eigenvalue weighted by Gasteiger charge is -2.43. The number of amides is 2. The molecule has 1 N–H and O–H groups in total. The second-order valence-corrected chi connectivity index (χ2v) is 8.12. The van der Waals surface area contributed by atoms with Gasteiger partial charge in [0, 0.05) is 56.7 Å². The van der Waals surface area contributed by atoms with Crippen LogP contribution in [-0.4, -0.2) is 59.7 Å². The number of hydrogen-bond donors (Lipinski definition) is 1. The molecule has 1 saturated carbocycles. The minimum absolute atomic E-state index is 0.0858. The van der Waals surface area contributed by atoms with Gasteiger partial charge in [-0.25, -0.2) is 4.79 Å². The average Bonchev–Trinajstić information content (AvgIpc) is 3.46. The van der Waals surface area contributed by atoms with Gasteiger partial charge >= 0.3 is 6.03 Å². The Morgan fingerprint density at radius 2 is 1.96 bits per heavy atom. The van der Waals surface area contributed by atoms with E-state index in [0.29, 0.717) is 6.04 Å². The first-order chi connectivity index (χ1) is 12.7. The Kier molecular flexibility index (Phi) is 3.92. The van der Waals surface area contributed by atoms with Crippen LogP contribution in [0.5, 0.6) is 5.75 Å². The molecule has 1 spiro atoms. The molecular formula is C21H27N3O2. The van der Waals surface area contributed by atoms with E-state index in [-0.39, 0.29) is 11.6 Å². The summed E-state index contributed by atoms with van der Waals surface area (Å²) in [5.74, 6) is 0.957. The molecule has 2 saturated heterocycles. The summed E-state index contributed by atoms with van der Waals surface area (Å²) in [7, 11) is 0. The first kappa shape index (κ1) is 16.2. The molecule has 3 aliphatic heterocycles. The number of rotatable bonds is 3. The van der Waals surface area contributed by atoms with Gasteiger partial charge in [0.2, 0.25) is 0 Å². The first-order valence-corrected chi connectivity index (χ1v) is 9.98. The van der Waals surface area contributed by atoms with E-state index in [1.54, 1.807) is 0 Å². The molecule has 2 amide bonds. The van der Waals surface area contributed by atoms with Gasteiger partial charge in [0.1, 0.15) is 11.4 Å². The van der Waals surface area contributed by atoms with Crippen molar-refractivity contribution in [2.45, 2.75) is 49.8 Å². The molecule has 0 radical (unpaired) electrons. The van der Waals surface area contributed by atoms with Gasteiger partial charge in [0.15, 0.2) is 0 Å². The highest BCUT2D eigenvalue weighted by molar-refractivity contribution is 5.74. The smallest absolute Gasteiger partial charge is 0.317 e. The van der Waals surface area contributed by atoms with Crippen LogP contribution in [0.2, 0.25) is 0 Å². The fraction of sp³-hybridized carbons (Fsp3) is 0.571. The fourth-order valence-electron chi connectivity index (χ4n) is 4.45. The van der Waals surface area contributed by atoms with Crippen LogP contribution in [0.3, 0.4) is 0 Å². The highest BCUT2D eigenvalue weighted by Crippen LogP contribution is 2.37. The summed E-state index contributed by atoms with van der Waals surface area (Å²) in [4.78, 5) is 17.0. The third kappa shape index (κ3) is 2.98. The van der Waals surface area contributed by atoms with Crippen molar-refractivity contribution in [3.05, 3.63) is 35.9 Å². The molecule has 5 heteroatoms. The number of carbonyl (C=O) groups excluding carboxylic acids is 1. The Bertz CT molecular complexity index is 720. The van der Waals surface area contributed by atoms with Gasteiger partial charge in [-0.3, -0.25) is 4.90 Å². The normalized spacial score (nSPS) is 26.8. The summed E-state index contributed by atoms with van der Waals surface area (Å²) >= 11 is 0. The molecule has 3 heterocycles. The summed E-state index contributed by atoms with van der Waals surface area (Å²) in [5.41, 5.74) is 0.890. The molecule has 138 valence electrons. The van der Waals surface area contributed by atoms with Gasteiger partial charge in [-0.2, -0.15) is 0 Å². The molecule has 0 bridgehead atoms. The number of nitrogens with one attached hydrogen (secondary N) is 1. The second kappa shape index (κ2) is 6.31. The highest BCUT2D eigenvalue weighted by Gasteiger charge is 2.40. The lowest BCUT2D eigenvalue weighted by molar-refractivity contribution is 0.0474. The van der Waals surface area contributed by atoms with E-state index in [2.05, 4.69) is 28.4 Å². The van der Waals surface area contributed by atoms with Gasteiger partial charge < -0.3 is 15.0 Å². The number of urea groups is 1. The van der Waals surface area contributed by atoms with Crippen molar-refractivity contribution in [2.75, 3.05) is 26.2 Å². The molecule has 1 aliphatic carbocycles. The lowest BCUT2D eigenvalue weighted by Crippen LogP contribution is -2.57. The minimum atomic E-state index is -0.248. The Morgan fingerprint density at radius 3 is 2.69 bits per heavy atom. The maximum absolute atomic E-state index is 12.5. The Balaban J connectivity index is 1.13. The fourth-order valence-corrected chi connectivity index (χ4v) is 4.45. The molecule has 3 fully saturated rings. The van der Waals surface area contributed by atoms with E-state index >= 15 is 0 Å². The molecule has 26 heavy (non-hydrogen) atoms. The summed E-state index contributed by atoms with van der Waals surface area (Å²) in [6.45, 7) is 3.49. The van der Waals surface area contributed by atoms with E-state index in [1.807, 2.05) is 23.1 Å². The number of hydrogen-bond acceptors (Lipinski definition) is 3. The van der Waals surface area contributed by atoms with Crippen LogP contribution in [-0.2, 0) is 0 Å². The molecule has 1 unspecified atom stereocenters. The van der Waals surface area contributed by atoms with Crippen molar-refractivity contribution < 1.29 is 9.53 Å². The topological polar surface area (TPSA) is 44.8 Å². The van der Waals surface area contributed by atoms with Gasteiger partial charge in [-0.15, -0.1) is 0 Å². The monoisotopic (exact) mass is 353 g/mol. The van der Waals surface area contributed by atoms with E-state index in [0.717, 1.165) is 49.8 Å². The summed E-state index contributed by atoms with van der Waals surface area (Å²) in [6.07, 6.45) is 9.96. The Hall–Kier alpha value is -2.01. The van der Waals surface area contributed by atoms with E-state index in [4.69, 9.17) is 4.74 Å². The van der Waals surface area contributed by atoms with Crippen LogP contribution in [0.1, 0.15) is 37.7 Å². The van der Waals surface area contributed by atoms with Crippen LogP contribution < -0.4 is 10.1 Å². The van der Waals surface area contributed by atoms with Gasteiger partial charge in [-0.1, -0.05) is 24.3 Å². The zero-order chi connectivity index (χ0) is 17.6. The maximum atomic E-state index is 12.5. The van der Waals surface area contributed by atoms with Crippen LogP contribution in [0.4, 0.5) is 4.79 Å². The van der Waals surface area contributed by atoms with Gasteiger partial charge in [0.25, 0.3) is 0 Å². The van der Waals surface area contributed by atoms with Crippen molar-refractivity contribution in [1.82, 2.24) is 15.1 Å². The SMILES string of the molecule is O=C(NCC1CCN1C1CC1)N1CCC2(C=Cc3ccccc3O2)CC1. The van der Waals surface area contributed by atoms with Crippen molar-refractivity contribution in [1.29, 1.82) is 0 Å². The van der Waals surface area contributed by atoms with E-state index in [9.17, 15) is 4.79 Å². The van der Waals surface area contributed by atoms with Crippen LogP contribution >= 0.6 is 0 Å². The second-order valence-electron chi connectivity index (χ2n) is 8.12. The van der Waals surface area contributed by atoms with E-state index in [1.165, 1.54) is 25.8 Å². The number of ether oxygens (including phenoxy) is 1. The Morgan fingerprint density at radius 1 is 1.15 bits per heavy atom. The lowest BCUT2D eigenvalue weighted by atomic mass is 9.88. The highest BCUT2D eigenvalue weighted by atomic mass is 16.5. The number of para-hydroxylation sites is 1. The molecule has 1 atom stereocenters. The van der Waals surface area contributed by atoms with Crippen molar-refractivity contribution in [3.8, 4) is 5.75 Å². The third-order valence-corrected chi connectivity index (χ3v) is 6.39. The van der Waals surface area contributed by atoms with Crippen LogP contribution in [0.25, 0.3) is 6.08 Å². The molecule has 1 aromatic carbocycles. The van der Waals surface area contributed by atoms with Crippen molar-refractivity contribution >= 4 is 12.1 Å². The zero-order valence-corrected chi connectivity index (χ0v) is 15.2. The predicted molar refractivity (Wildman–Crippen MR) is 101 cm³/mol. The van der Waals surface area contributed by atoms with E-state index < -0.39 is 0 Å². The minimum Gasteiger partial charge on any atom is -0.482 e. The molecule has 5 nitrogen and oxygen atoms in total. The summed E-state index contributed by atoms with van der Waals surface area (Å²) in [5, 5.41) is 3.16. The number of likely N-dealkylation sites (tertiary alicyclic amines) is 2. The number of carbonyl (C=O) groups is 1. The number of piperidine rings is 1. The maximum Gasteiger partial charge on any atom is 0.317 e. The summed E-state index contributed by atoms with van der Waals surface area (Å²) < 4.78 is 6.31. The quantitative estimate of drug-likeness (QED) is 0.909. The third-order valence-electron chi connectivity index (χ3n) is 6.39. The van der Waals surface area contributed by atoms with Crippen molar-refractivity contribution in [2.24, 2.45) is 0 Å². The first-order valence-electron chi connectivity index (χ1n) is 9.98.